The van der Waals surface area contributed by atoms with Crippen LogP contribution in [-0.4, -0.2) is 16.2 Å². The summed E-state index contributed by atoms with van der Waals surface area (Å²) in [5, 5.41) is 5.44. The van der Waals surface area contributed by atoms with Crippen LogP contribution in [0.5, 0.6) is 0 Å². The Kier molecular flexibility index (Phi) is 4.34. The number of nitrogens with one attached hydrogen (secondary N) is 1. The highest BCUT2D eigenvalue weighted by Gasteiger charge is 2.19. The summed E-state index contributed by atoms with van der Waals surface area (Å²) in [6, 6.07) is 10.2. The molecule has 0 unspecified atom stereocenters. The van der Waals surface area contributed by atoms with Crippen LogP contribution in [0.25, 0.3) is 16.3 Å². The van der Waals surface area contributed by atoms with E-state index in [2.05, 4.69) is 32.6 Å². The van der Waals surface area contributed by atoms with Crippen LogP contribution < -0.4 is 5.43 Å². The molecule has 24 heavy (non-hydrogen) atoms. The Morgan fingerprint density at radius 1 is 1.08 bits per heavy atom. The summed E-state index contributed by atoms with van der Waals surface area (Å²) in [5.74, 6) is 0.809. The Hall–Kier alpha value is -2.53. The van der Waals surface area contributed by atoms with Crippen molar-refractivity contribution in [3.05, 3.63) is 58.7 Å². The molecule has 0 fully saturated rings. The van der Waals surface area contributed by atoms with Gasteiger partial charge in [0.05, 0.1) is 5.39 Å². The number of hydrazone groups is 1. The first-order valence-corrected chi connectivity index (χ1v) is 8.99. The number of hydrogen-bond donors (Lipinski definition) is 1. The monoisotopic (exact) mass is 334 g/mol. The molecule has 0 radical (unpaired) electrons. The largest absolute Gasteiger partial charge is 0.261 e. The number of anilines is 1. The molecular weight excluding hydrogens is 316 g/mol. The van der Waals surface area contributed by atoms with Crippen LogP contribution in [0.1, 0.15) is 28.8 Å². The number of allylic oxidation sites excluding steroid dienone is 1. The zero-order chi connectivity index (χ0) is 16.2. The lowest BCUT2D eigenvalue weighted by molar-refractivity contribution is 0.700. The molecule has 3 aromatic rings. The van der Waals surface area contributed by atoms with Gasteiger partial charge < -0.3 is 0 Å². The molecule has 4 rings (SSSR count). The van der Waals surface area contributed by atoms with Gasteiger partial charge in [-0.25, -0.2) is 9.97 Å². The van der Waals surface area contributed by atoms with Crippen molar-refractivity contribution in [2.45, 2.75) is 25.7 Å². The molecule has 4 nitrogen and oxygen atoms in total. The first-order chi connectivity index (χ1) is 11.9. The number of aromatic nitrogens is 2. The van der Waals surface area contributed by atoms with Crippen LogP contribution in [0.4, 0.5) is 5.82 Å². The Morgan fingerprint density at radius 2 is 1.96 bits per heavy atom. The predicted octanol–water partition coefficient (Wildman–Crippen LogP) is 4.68. The van der Waals surface area contributed by atoms with E-state index in [4.69, 9.17) is 0 Å². The Balaban J connectivity index is 1.53. The normalized spacial score (nSPS) is 14.5. The molecule has 0 bridgehead atoms. The molecule has 1 aliphatic rings. The SMILES string of the molecule is C(=Cc1ccccc1)C=NNc1ncnc2sc3c(c12)CCCC3. The number of thiophene rings is 1. The van der Waals surface area contributed by atoms with Crippen LogP contribution in [-0.2, 0) is 12.8 Å². The topological polar surface area (TPSA) is 50.2 Å². The summed E-state index contributed by atoms with van der Waals surface area (Å²) in [5.41, 5.74) is 5.65. The molecular formula is C19H18N4S. The van der Waals surface area contributed by atoms with Gasteiger partial charge in [-0.2, -0.15) is 5.10 Å². The van der Waals surface area contributed by atoms with Crippen molar-refractivity contribution in [2.75, 3.05) is 5.43 Å². The third kappa shape index (κ3) is 3.08. The maximum absolute atomic E-state index is 4.43. The minimum absolute atomic E-state index is 0.809. The van der Waals surface area contributed by atoms with E-state index in [0.717, 1.165) is 28.0 Å². The number of aryl methyl sites for hydroxylation is 2. The Morgan fingerprint density at radius 3 is 2.88 bits per heavy atom. The zero-order valence-electron chi connectivity index (χ0n) is 13.3. The van der Waals surface area contributed by atoms with Crippen molar-refractivity contribution in [3.63, 3.8) is 0 Å². The zero-order valence-corrected chi connectivity index (χ0v) is 14.1. The van der Waals surface area contributed by atoms with E-state index in [1.165, 1.54) is 29.7 Å². The average Bonchev–Trinajstić information content (AvgIpc) is 3.02. The van der Waals surface area contributed by atoms with E-state index < -0.39 is 0 Å². The van der Waals surface area contributed by atoms with Crippen molar-refractivity contribution >= 4 is 39.7 Å². The quantitative estimate of drug-likeness (QED) is 0.556. The van der Waals surface area contributed by atoms with Gasteiger partial charge in [0.2, 0.25) is 0 Å². The van der Waals surface area contributed by atoms with E-state index >= 15 is 0 Å². The van der Waals surface area contributed by atoms with E-state index in [-0.39, 0.29) is 0 Å². The summed E-state index contributed by atoms with van der Waals surface area (Å²) in [7, 11) is 0. The summed E-state index contributed by atoms with van der Waals surface area (Å²) in [4.78, 5) is 11.4. The lowest BCUT2D eigenvalue weighted by atomic mass is 9.97. The third-order valence-electron chi connectivity index (χ3n) is 4.17. The Bertz CT molecular complexity index is 896. The second-order valence-electron chi connectivity index (χ2n) is 5.77. The number of nitrogens with zero attached hydrogens (tertiary/aromatic N) is 3. The van der Waals surface area contributed by atoms with E-state index in [9.17, 15) is 0 Å². The third-order valence-corrected chi connectivity index (χ3v) is 5.37. The number of rotatable bonds is 4. The minimum atomic E-state index is 0.809. The van der Waals surface area contributed by atoms with Crippen LogP contribution in [0.2, 0.25) is 0 Å². The fraction of sp³-hybridized carbons (Fsp3) is 0.211. The van der Waals surface area contributed by atoms with E-state index in [1.54, 1.807) is 23.9 Å². The molecule has 120 valence electrons. The van der Waals surface area contributed by atoms with Gasteiger partial charge in [-0.05, 0) is 42.9 Å². The molecule has 2 aromatic heterocycles. The lowest BCUT2D eigenvalue weighted by Crippen LogP contribution is -2.00. The van der Waals surface area contributed by atoms with Crippen molar-refractivity contribution in [1.82, 2.24) is 9.97 Å². The molecule has 0 atom stereocenters. The number of benzene rings is 1. The van der Waals surface area contributed by atoms with Crippen LogP contribution >= 0.6 is 11.3 Å². The van der Waals surface area contributed by atoms with Crippen molar-refractivity contribution in [3.8, 4) is 0 Å². The van der Waals surface area contributed by atoms with Crippen molar-refractivity contribution in [2.24, 2.45) is 5.10 Å². The maximum Gasteiger partial charge on any atom is 0.158 e. The number of hydrogen-bond acceptors (Lipinski definition) is 5. The van der Waals surface area contributed by atoms with Gasteiger partial charge >= 0.3 is 0 Å². The van der Waals surface area contributed by atoms with Gasteiger partial charge in [0.25, 0.3) is 0 Å². The average molecular weight is 334 g/mol. The molecule has 5 heteroatoms. The molecule has 1 aromatic carbocycles. The molecule has 0 saturated carbocycles. The summed E-state index contributed by atoms with van der Waals surface area (Å²) < 4.78 is 0. The first-order valence-electron chi connectivity index (χ1n) is 8.18. The van der Waals surface area contributed by atoms with Gasteiger partial charge in [0.15, 0.2) is 5.82 Å². The molecule has 1 N–H and O–H groups in total. The molecule has 2 heterocycles. The second kappa shape index (κ2) is 6.93. The molecule has 1 aliphatic carbocycles. The van der Waals surface area contributed by atoms with Gasteiger partial charge in [-0.3, -0.25) is 5.43 Å². The maximum atomic E-state index is 4.43. The van der Waals surface area contributed by atoms with E-state index in [0.29, 0.717) is 0 Å². The highest BCUT2D eigenvalue weighted by atomic mass is 32.1. The predicted molar refractivity (Wildman–Crippen MR) is 102 cm³/mol. The van der Waals surface area contributed by atoms with Gasteiger partial charge in [0, 0.05) is 11.1 Å². The molecule has 0 amide bonds. The summed E-state index contributed by atoms with van der Waals surface area (Å²) in [6.45, 7) is 0. The minimum Gasteiger partial charge on any atom is -0.261 e. The van der Waals surface area contributed by atoms with Crippen LogP contribution in [0.15, 0.2) is 47.8 Å². The summed E-state index contributed by atoms with van der Waals surface area (Å²) in [6.07, 6.45) is 12.1. The molecule has 0 saturated heterocycles. The van der Waals surface area contributed by atoms with Crippen LogP contribution in [0, 0.1) is 0 Å². The first kappa shape index (κ1) is 15.0. The van der Waals surface area contributed by atoms with Crippen molar-refractivity contribution < 1.29 is 0 Å². The second-order valence-corrected chi connectivity index (χ2v) is 6.86. The van der Waals surface area contributed by atoms with Gasteiger partial charge in [-0.15, -0.1) is 11.3 Å². The lowest BCUT2D eigenvalue weighted by Gasteiger charge is -2.11. The van der Waals surface area contributed by atoms with Crippen molar-refractivity contribution in [1.29, 1.82) is 0 Å². The fourth-order valence-corrected chi connectivity index (χ4v) is 4.26. The standard InChI is InChI=1S/C19H18N4S/c1-2-7-14(8-3-1)9-6-12-22-23-18-17-15-10-4-5-11-16(15)24-19(17)21-13-20-18/h1-3,6-9,12-13H,4-5,10-11H2,(H,20,21,23). The fourth-order valence-electron chi connectivity index (χ4n) is 3.03. The Labute approximate surface area is 145 Å². The van der Waals surface area contributed by atoms with Gasteiger partial charge in [0.1, 0.15) is 11.2 Å². The summed E-state index contributed by atoms with van der Waals surface area (Å²) >= 11 is 1.80. The molecule has 0 spiro atoms. The highest BCUT2D eigenvalue weighted by molar-refractivity contribution is 7.19. The highest BCUT2D eigenvalue weighted by Crippen LogP contribution is 2.37. The van der Waals surface area contributed by atoms with Gasteiger partial charge in [-0.1, -0.05) is 36.4 Å². The number of fused-ring (bicyclic) bond motifs is 3. The van der Waals surface area contributed by atoms with Crippen LogP contribution in [0.3, 0.4) is 0 Å². The smallest absolute Gasteiger partial charge is 0.158 e. The van der Waals surface area contributed by atoms with E-state index in [1.807, 2.05) is 30.4 Å². The molecule has 0 aliphatic heterocycles.